The van der Waals surface area contributed by atoms with Crippen molar-refractivity contribution >= 4 is 52.6 Å². The molecule has 1 heterocycles. The van der Waals surface area contributed by atoms with Crippen molar-refractivity contribution in [1.82, 2.24) is 4.90 Å². The number of rotatable bonds is 4. The molecule has 2 aromatic rings. The Bertz CT molecular complexity index is 746. The Morgan fingerprint density at radius 2 is 1.80 bits per heavy atom. The van der Waals surface area contributed by atoms with E-state index >= 15 is 0 Å². The highest BCUT2D eigenvalue weighted by Gasteiger charge is 2.18. The lowest BCUT2D eigenvalue weighted by Crippen LogP contribution is -2.26. The monoisotopic (exact) mass is 411 g/mol. The summed E-state index contributed by atoms with van der Waals surface area (Å²) in [5.74, 6) is 2.41. The first-order chi connectivity index (χ1) is 12.0. The largest absolute Gasteiger partial charge is 0.337 e. The standard InChI is InChI=1S/C19H19Cl2NOS2/c1-22(12-15-7-8-16(20)11-17(15)21)18(23)13-3-5-14(6-4-13)19-24-9-2-10-25-19/h3-8,11,19H,2,9-10,12H2,1H3. The maximum absolute atomic E-state index is 12.7. The molecule has 0 N–H and O–H groups in total. The van der Waals surface area contributed by atoms with Gasteiger partial charge in [-0.3, -0.25) is 4.79 Å². The van der Waals surface area contributed by atoms with Gasteiger partial charge in [-0.1, -0.05) is 41.4 Å². The summed E-state index contributed by atoms with van der Waals surface area (Å²) < 4.78 is 0.489. The summed E-state index contributed by atoms with van der Waals surface area (Å²) in [6.07, 6.45) is 1.28. The number of amides is 1. The summed E-state index contributed by atoms with van der Waals surface area (Å²) in [6, 6.07) is 13.3. The predicted octanol–water partition coefficient (Wildman–Crippen LogP) is 6.13. The van der Waals surface area contributed by atoms with Crippen molar-refractivity contribution in [1.29, 1.82) is 0 Å². The normalized spacial score (nSPS) is 15.2. The summed E-state index contributed by atoms with van der Waals surface area (Å²) in [5.41, 5.74) is 2.87. The van der Waals surface area contributed by atoms with Crippen molar-refractivity contribution in [3.63, 3.8) is 0 Å². The van der Waals surface area contributed by atoms with E-state index in [4.69, 9.17) is 23.2 Å². The van der Waals surface area contributed by atoms with E-state index in [1.54, 1.807) is 24.1 Å². The number of thioether (sulfide) groups is 2. The molecule has 0 radical (unpaired) electrons. The highest BCUT2D eigenvalue weighted by Crippen LogP contribution is 2.43. The highest BCUT2D eigenvalue weighted by molar-refractivity contribution is 8.16. The van der Waals surface area contributed by atoms with Crippen molar-refractivity contribution in [3.8, 4) is 0 Å². The molecule has 1 aliphatic heterocycles. The zero-order chi connectivity index (χ0) is 17.8. The number of benzene rings is 2. The maximum Gasteiger partial charge on any atom is 0.253 e. The zero-order valence-electron chi connectivity index (χ0n) is 13.9. The van der Waals surface area contributed by atoms with E-state index in [0.29, 0.717) is 26.7 Å². The smallest absolute Gasteiger partial charge is 0.253 e. The van der Waals surface area contributed by atoms with Crippen LogP contribution in [-0.4, -0.2) is 29.4 Å². The minimum Gasteiger partial charge on any atom is -0.337 e. The third-order valence-electron chi connectivity index (χ3n) is 4.03. The van der Waals surface area contributed by atoms with Gasteiger partial charge in [-0.05, 0) is 53.3 Å². The minimum absolute atomic E-state index is 0.0125. The van der Waals surface area contributed by atoms with E-state index < -0.39 is 0 Å². The summed E-state index contributed by atoms with van der Waals surface area (Å²) in [7, 11) is 1.79. The summed E-state index contributed by atoms with van der Waals surface area (Å²) in [5, 5.41) is 1.17. The van der Waals surface area contributed by atoms with Gasteiger partial charge in [0.15, 0.2) is 0 Å². The molecule has 132 valence electrons. The van der Waals surface area contributed by atoms with Crippen molar-refractivity contribution in [2.75, 3.05) is 18.6 Å². The molecule has 0 unspecified atom stereocenters. The molecule has 25 heavy (non-hydrogen) atoms. The molecular weight excluding hydrogens is 393 g/mol. The van der Waals surface area contributed by atoms with Crippen LogP contribution in [0.4, 0.5) is 0 Å². The molecule has 0 saturated carbocycles. The molecule has 2 nitrogen and oxygen atoms in total. The Kier molecular flexibility index (Phi) is 6.61. The van der Waals surface area contributed by atoms with E-state index in [0.717, 1.165) is 5.56 Å². The molecule has 0 atom stereocenters. The van der Waals surface area contributed by atoms with Crippen molar-refractivity contribution in [2.45, 2.75) is 17.5 Å². The zero-order valence-corrected chi connectivity index (χ0v) is 17.0. The Hall–Kier alpha value is -0.810. The fraction of sp³-hybridized carbons (Fsp3) is 0.316. The van der Waals surface area contributed by atoms with Gasteiger partial charge in [0, 0.05) is 29.2 Å². The van der Waals surface area contributed by atoms with Crippen LogP contribution in [0.25, 0.3) is 0 Å². The third-order valence-corrected chi connectivity index (χ3v) is 7.63. The predicted molar refractivity (Wildman–Crippen MR) is 111 cm³/mol. The van der Waals surface area contributed by atoms with Gasteiger partial charge in [0.05, 0.1) is 4.58 Å². The fourth-order valence-corrected chi connectivity index (χ4v) is 6.02. The second kappa shape index (κ2) is 8.72. The number of carbonyl (C=O) groups excluding carboxylic acids is 1. The Morgan fingerprint density at radius 3 is 2.44 bits per heavy atom. The SMILES string of the molecule is CN(Cc1ccc(Cl)cc1Cl)C(=O)c1ccc(C2SCCCS2)cc1. The summed E-state index contributed by atoms with van der Waals surface area (Å²) >= 11 is 16.1. The first-order valence-corrected chi connectivity index (χ1v) is 10.9. The molecule has 1 saturated heterocycles. The molecular formula is C19H19Cl2NOS2. The van der Waals surface area contributed by atoms with Crippen LogP contribution in [0.2, 0.25) is 10.0 Å². The van der Waals surface area contributed by atoms with Crippen LogP contribution < -0.4 is 0 Å². The van der Waals surface area contributed by atoms with Gasteiger partial charge in [-0.15, -0.1) is 23.5 Å². The van der Waals surface area contributed by atoms with Crippen molar-refractivity contribution in [3.05, 3.63) is 69.2 Å². The lowest BCUT2D eigenvalue weighted by molar-refractivity contribution is 0.0785. The average Bonchev–Trinajstić information content (AvgIpc) is 2.64. The van der Waals surface area contributed by atoms with Gasteiger partial charge in [0.25, 0.3) is 5.91 Å². The lowest BCUT2D eigenvalue weighted by Gasteiger charge is -2.22. The van der Waals surface area contributed by atoms with E-state index in [2.05, 4.69) is 12.1 Å². The van der Waals surface area contributed by atoms with E-state index in [1.807, 2.05) is 41.7 Å². The molecule has 1 aliphatic rings. The van der Waals surface area contributed by atoms with Gasteiger partial charge in [-0.25, -0.2) is 0 Å². The molecule has 0 aliphatic carbocycles. The molecule has 1 fully saturated rings. The molecule has 6 heteroatoms. The second-order valence-electron chi connectivity index (χ2n) is 5.95. The number of nitrogens with zero attached hydrogens (tertiary/aromatic N) is 1. The van der Waals surface area contributed by atoms with Crippen molar-refractivity contribution < 1.29 is 4.79 Å². The first-order valence-electron chi connectivity index (χ1n) is 8.07. The summed E-state index contributed by atoms with van der Waals surface area (Å²) in [6.45, 7) is 0.449. The Balaban J connectivity index is 1.67. The minimum atomic E-state index is -0.0125. The quantitative estimate of drug-likeness (QED) is 0.602. The summed E-state index contributed by atoms with van der Waals surface area (Å²) in [4.78, 5) is 14.3. The van der Waals surface area contributed by atoms with Gasteiger partial charge in [0.2, 0.25) is 0 Å². The topological polar surface area (TPSA) is 20.3 Å². The van der Waals surface area contributed by atoms with E-state index in [-0.39, 0.29) is 5.91 Å². The van der Waals surface area contributed by atoms with Crippen LogP contribution in [0.15, 0.2) is 42.5 Å². The molecule has 0 spiro atoms. The van der Waals surface area contributed by atoms with Crippen LogP contribution in [0.3, 0.4) is 0 Å². The van der Waals surface area contributed by atoms with Crippen LogP contribution in [-0.2, 0) is 6.54 Å². The van der Waals surface area contributed by atoms with Crippen LogP contribution in [0.1, 0.15) is 32.5 Å². The Labute approximate surface area is 167 Å². The van der Waals surface area contributed by atoms with Crippen LogP contribution in [0.5, 0.6) is 0 Å². The highest BCUT2D eigenvalue weighted by atomic mass is 35.5. The first kappa shape index (κ1) is 19.0. The van der Waals surface area contributed by atoms with E-state index in [9.17, 15) is 4.79 Å². The van der Waals surface area contributed by atoms with Crippen LogP contribution >= 0.6 is 46.7 Å². The molecule has 0 aromatic heterocycles. The van der Waals surface area contributed by atoms with Gasteiger partial charge in [-0.2, -0.15) is 0 Å². The number of halogens is 2. The number of hydrogen-bond donors (Lipinski definition) is 0. The molecule has 0 bridgehead atoms. The van der Waals surface area contributed by atoms with Crippen LogP contribution in [0, 0.1) is 0 Å². The van der Waals surface area contributed by atoms with Crippen molar-refractivity contribution in [2.24, 2.45) is 0 Å². The van der Waals surface area contributed by atoms with E-state index in [1.165, 1.54) is 23.5 Å². The van der Waals surface area contributed by atoms with Gasteiger partial charge >= 0.3 is 0 Å². The fourth-order valence-electron chi connectivity index (χ4n) is 2.66. The number of carbonyl (C=O) groups is 1. The molecule has 1 amide bonds. The Morgan fingerprint density at radius 1 is 1.12 bits per heavy atom. The van der Waals surface area contributed by atoms with Gasteiger partial charge < -0.3 is 4.90 Å². The lowest BCUT2D eigenvalue weighted by atomic mass is 10.1. The third kappa shape index (κ3) is 4.88. The second-order valence-corrected chi connectivity index (χ2v) is 9.51. The molecule has 2 aromatic carbocycles. The average molecular weight is 412 g/mol. The number of hydrogen-bond acceptors (Lipinski definition) is 3. The molecule has 3 rings (SSSR count). The van der Waals surface area contributed by atoms with Gasteiger partial charge in [0.1, 0.15) is 0 Å². The maximum atomic E-state index is 12.7.